The zero-order valence-electron chi connectivity index (χ0n) is 13.8. The van der Waals surface area contributed by atoms with Crippen LogP contribution in [-0.4, -0.2) is 56.3 Å². The summed E-state index contributed by atoms with van der Waals surface area (Å²) in [5.41, 5.74) is 1.36. The number of rotatable bonds is 8. The number of hydrogen-bond acceptors (Lipinski definition) is 6. The highest BCUT2D eigenvalue weighted by Crippen LogP contribution is 2.19. The molecule has 0 atom stereocenters. The van der Waals surface area contributed by atoms with Gasteiger partial charge in [-0.2, -0.15) is 0 Å². The maximum Gasteiger partial charge on any atom is 0.355 e. The minimum absolute atomic E-state index is 0.209. The number of esters is 2. The largest absolute Gasteiger partial charge is 0.461 e. The van der Waals surface area contributed by atoms with Gasteiger partial charge in [-0.3, -0.25) is 4.79 Å². The lowest BCUT2D eigenvalue weighted by molar-refractivity contribution is -0.124. The van der Waals surface area contributed by atoms with Crippen molar-refractivity contribution in [3.05, 3.63) is 22.5 Å². The lowest BCUT2D eigenvalue weighted by Gasteiger charge is -2.07. The number of amides is 1. The Labute approximate surface area is 134 Å². The Kier molecular flexibility index (Phi) is 7.27. The number of hydrogen-bond donors (Lipinski definition) is 2. The van der Waals surface area contributed by atoms with E-state index in [2.05, 4.69) is 10.3 Å². The van der Waals surface area contributed by atoms with Crippen LogP contribution in [0.25, 0.3) is 0 Å². The Bertz CT molecular complexity index is 579. The molecule has 0 aromatic carbocycles. The average molecular weight is 326 g/mol. The average Bonchev–Trinajstić information content (AvgIpc) is 2.80. The van der Waals surface area contributed by atoms with Crippen LogP contribution in [-0.2, 0) is 19.0 Å². The van der Waals surface area contributed by atoms with Crippen molar-refractivity contribution in [1.82, 2.24) is 10.3 Å². The van der Waals surface area contributed by atoms with Gasteiger partial charge < -0.3 is 24.5 Å². The van der Waals surface area contributed by atoms with Crippen LogP contribution in [0.5, 0.6) is 0 Å². The summed E-state index contributed by atoms with van der Waals surface area (Å²) in [4.78, 5) is 38.2. The maximum absolute atomic E-state index is 12.1. The van der Waals surface area contributed by atoms with Crippen LogP contribution in [0.2, 0.25) is 0 Å². The quantitative estimate of drug-likeness (QED) is 0.539. The van der Waals surface area contributed by atoms with Crippen molar-refractivity contribution in [2.24, 2.45) is 0 Å². The van der Waals surface area contributed by atoms with E-state index in [1.165, 1.54) is 7.11 Å². The van der Waals surface area contributed by atoms with E-state index >= 15 is 0 Å². The predicted octanol–water partition coefficient (Wildman–Crippen LogP) is 0.728. The molecule has 0 aliphatic carbocycles. The van der Waals surface area contributed by atoms with Crippen molar-refractivity contribution in [3.8, 4) is 0 Å². The smallest absolute Gasteiger partial charge is 0.355 e. The third-order valence-electron chi connectivity index (χ3n) is 3.08. The molecule has 1 aromatic rings. The fourth-order valence-electron chi connectivity index (χ4n) is 2.01. The molecule has 0 unspecified atom stereocenters. The van der Waals surface area contributed by atoms with Crippen molar-refractivity contribution in [1.29, 1.82) is 0 Å². The summed E-state index contributed by atoms with van der Waals surface area (Å²) in [5, 5.41) is 2.54. The van der Waals surface area contributed by atoms with Gasteiger partial charge in [0.05, 0.1) is 18.8 Å². The van der Waals surface area contributed by atoms with Gasteiger partial charge in [0.15, 0.2) is 6.61 Å². The van der Waals surface area contributed by atoms with Crippen LogP contribution in [0, 0.1) is 13.8 Å². The zero-order chi connectivity index (χ0) is 17.4. The molecule has 0 aliphatic heterocycles. The van der Waals surface area contributed by atoms with E-state index < -0.39 is 24.5 Å². The van der Waals surface area contributed by atoms with E-state index in [-0.39, 0.29) is 17.9 Å². The van der Waals surface area contributed by atoms with Gasteiger partial charge in [0.1, 0.15) is 5.69 Å². The first-order valence-corrected chi connectivity index (χ1v) is 7.21. The number of ether oxygens (including phenoxy) is 3. The number of H-pyrrole nitrogens is 1. The second-order valence-corrected chi connectivity index (χ2v) is 4.76. The molecular weight excluding hydrogens is 304 g/mol. The van der Waals surface area contributed by atoms with Gasteiger partial charge >= 0.3 is 11.9 Å². The van der Waals surface area contributed by atoms with Crippen LogP contribution in [0.15, 0.2) is 0 Å². The van der Waals surface area contributed by atoms with Gasteiger partial charge in [0.2, 0.25) is 0 Å². The standard InChI is InChI=1S/C15H22N2O6/c1-5-22-15(20)13-9(2)12(10(3)17-13)14(19)23-8-11(18)16-6-7-21-4/h17H,5-8H2,1-4H3,(H,16,18). The first-order valence-electron chi connectivity index (χ1n) is 7.21. The molecule has 128 valence electrons. The molecule has 8 nitrogen and oxygen atoms in total. The minimum atomic E-state index is -0.673. The van der Waals surface area contributed by atoms with Crippen LogP contribution < -0.4 is 5.32 Å². The van der Waals surface area contributed by atoms with Gasteiger partial charge in [0.25, 0.3) is 5.91 Å². The van der Waals surface area contributed by atoms with E-state index in [1.54, 1.807) is 20.8 Å². The number of aromatic nitrogens is 1. The molecule has 1 rings (SSSR count). The summed E-state index contributed by atoms with van der Waals surface area (Å²) in [5.74, 6) is -1.63. The van der Waals surface area contributed by atoms with E-state index in [0.29, 0.717) is 24.4 Å². The Morgan fingerprint density at radius 2 is 1.83 bits per heavy atom. The van der Waals surface area contributed by atoms with Crippen molar-refractivity contribution in [2.45, 2.75) is 20.8 Å². The van der Waals surface area contributed by atoms with Crippen molar-refractivity contribution >= 4 is 17.8 Å². The zero-order valence-corrected chi connectivity index (χ0v) is 13.8. The summed E-state index contributed by atoms with van der Waals surface area (Å²) in [7, 11) is 1.52. The van der Waals surface area contributed by atoms with Gasteiger partial charge in [-0.15, -0.1) is 0 Å². The summed E-state index contributed by atoms with van der Waals surface area (Å²) in [6, 6.07) is 0. The monoisotopic (exact) mass is 326 g/mol. The molecule has 0 fully saturated rings. The van der Waals surface area contributed by atoms with Crippen LogP contribution in [0.3, 0.4) is 0 Å². The Morgan fingerprint density at radius 1 is 1.13 bits per heavy atom. The molecule has 8 heteroatoms. The molecule has 0 spiro atoms. The Balaban J connectivity index is 2.70. The minimum Gasteiger partial charge on any atom is -0.461 e. The summed E-state index contributed by atoms with van der Waals surface area (Å²) in [6.45, 7) is 5.50. The van der Waals surface area contributed by atoms with Crippen molar-refractivity contribution in [3.63, 3.8) is 0 Å². The van der Waals surface area contributed by atoms with Crippen LogP contribution >= 0.6 is 0 Å². The van der Waals surface area contributed by atoms with E-state index in [9.17, 15) is 14.4 Å². The maximum atomic E-state index is 12.1. The van der Waals surface area contributed by atoms with E-state index in [0.717, 1.165) is 0 Å². The first-order chi connectivity index (χ1) is 10.9. The number of methoxy groups -OCH3 is 1. The third kappa shape index (κ3) is 5.10. The predicted molar refractivity (Wildman–Crippen MR) is 81.4 cm³/mol. The van der Waals surface area contributed by atoms with Gasteiger partial charge in [-0.25, -0.2) is 9.59 Å². The Hall–Kier alpha value is -2.35. The highest BCUT2D eigenvalue weighted by molar-refractivity contribution is 5.99. The van der Waals surface area contributed by atoms with Crippen LogP contribution in [0.1, 0.15) is 39.0 Å². The molecule has 1 amide bonds. The number of carbonyl (C=O) groups excluding carboxylic acids is 3. The molecule has 23 heavy (non-hydrogen) atoms. The molecule has 0 saturated carbocycles. The van der Waals surface area contributed by atoms with Crippen molar-refractivity contribution < 1.29 is 28.6 Å². The molecule has 2 N–H and O–H groups in total. The summed E-state index contributed by atoms with van der Waals surface area (Å²) < 4.78 is 14.7. The van der Waals surface area contributed by atoms with Crippen molar-refractivity contribution in [2.75, 3.05) is 33.5 Å². The number of aryl methyl sites for hydroxylation is 1. The normalized spacial score (nSPS) is 10.3. The fourth-order valence-corrected chi connectivity index (χ4v) is 2.01. The number of aromatic amines is 1. The number of nitrogens with one attached hydrogen (secondary N) is 2. The lowest BCUT2D eigenvalue weighted by Crippen LogP contribution is -2.31. The second-order valence-electron chi connectivity index (χ2n) is 4.76. The third-order valence-corrected chi connectivity index (χ3v) is 3.08. The molecule has 1 heterocycles. The Morgan fingerprint density at radius 3 is 2.43 bits per heavy atom. The molecule has 0 saturated heterocycles. The molecular formula is C15H22N2O6. The highest BCUT2D eigenvalue weighted by Gasteiger charge is 2.24. The van der Waals surface area contributed by atoms with Gasteiger partial charge in [-0.1, -0.05) is 0 Å². The summed E-state index contributed by atoms with van der Waals surface area (Å²) >= 11 is 0. The summed E-state index contributed by atoms with van der Waals surface area (Å²) in [6.07, 6.45) is 0. The van der Waals surface area contributed by atoms with E-state index in [1.807, 2.05) is 0 Å². The number of carbonyl (C=O) groups is 3. The van der Waals surface area contributed by atoms with Gasteiger partial charge in [0, 0.05) is 19.3 Å². The topological polar surface area (TPSA) is 107 Å². The molecule has 1 aromatic heterocycles. The van der Waals surface area contributed by atoms with E-state index in [4.69, 9.17) is 14.2 Å². The molecule has 0 radical (unpaired) electrons. The highest BCUT2D eigenvalue weighted by atomic mass is 16.5. The SMILES string of the molecule is CCOC(=O)c1[nH]c(C)c(C(=O)OCC(=O)NCCOC)c1C. The molecule has 0 bridgehead atoms. The first kappa shape index (κ1) is 18.7. The fraction of sp³-hybridized carbons (Fsp3) is 0.533. The second kappa shape index (κ2) is 8.94. The lowest BCUT2D eigenvalue weighted by atomic mass is 10.1. The van der Waals surface area contributed by atoms with Gasteiger partial charge in [-0.05, 0) is 26.3 Å². The molecule has 0 aliphatic rings. The van der Waals surface area contributed by atoms with Crippen LogP contribution in [0.4, 0.5) is 0 Å².